The zero-order valence-corrected chi connectivity index (χ0v) is 15.3. The maximum Gasteiger partial charge on any atom is 0.514 e. The third-order valence-electron chi connectivity index (χ3n) is 4.09. The molecular formula is C20H18N2O6. The second-order valence-electron chi connectivity index (χ2n) is 6.07. The summed E-state index contributed by atoms with van der Waals surface area (Å²) in [5.74, 6) is 0.699. The van der Waals surface area contributed by atoms with Crippen molar-refractivity contribution in [3.05, 3.63) is 70.4 Å². The van der Waals surface area contributed by atoms with Crippen LogP contribution in [0.2, 0.25) is 0 Å². The number of non-ortho nitro benzene ring substituents is 1. The number of methoxy groups -OCH3 is 1. The molecule has 0 spiro atoms. The number of nitro groups is 1. The topological polar surface area (TPSA) is 101 Å². The predicted molar refractivity (Wildman–Crippen MR) is 102 cm³/mol. The van der Waals surface area contributed by atoms with Crippen molar-refractivity contribution in [1.29, 1.82) is 0 Å². The number of rotatable bonds is 6. The van der Waals surface area contributed by atoms with Crippen LogP contribution in [-0.4, -0.2) is 29.3 Å². The van der Waals surface area contributed by atoms with Crippen molar-refractivity contribution in [2.45, 2.75) is 19.4 Å². The van der Waals surface area contributed by atoms with Gasteiger partial charge in [0.2, 0.25) is 5.88 Å². The predicted octanol–water partition coefficient (Wildman–Crippen LogP) is 4.30. The Labute approximate surface area is 160 Å². The minimum Gasteiger partial charge on any atom is -0.481 e. The van der Waals surface area contributed by atoms with Crippen LogP contribution in [0.3, 0.4) is 0 Å². The Morgan fingerprint density at radius 1 is 1.14 bits per heavy atom. The van der Waals surface area contributed by atoms with Crippen LogP contribution in [0, 0.1) is 10.1 Å². The molecule has 1 heterocycles. The fraction of sp³-hybridized carbons (Fsp3) is 0.200. The third kappa shape index (κ3) is 4.35. The molecule has 3 aromatic rings. The average molecular weight is 382 g/mol. The number of nitro benzene ring substituents is 1. The zero-order valence-electron chi connectivity index (χ0n) is 15.3. The van der Waals surface area contributed by atoms with Crippen molar-refractivity contribution in [2.75, 3.05) is 7.11 Å². The van der Waals surface area contributed by atoms with E-state index in [4.69, 9.17) is 14.2 Å². The number of hydrogen-bond acceptors (Lipinski definition) is 7. The molecule has 1 atom stereocenters. The highest BCUT2D eigenvalue weighted by Crippen LogP contribution is 2.27. The van der Waals surface area contributed by atoms with Gasteiger partial charge in [-0.25, -0.2) is 9.78 Å². The van der Waals surface area contributed by atoms with Gasteiger partial charge in [0, 0.05) is 30.1 Å². The molecule has 0 amide bonds. The van der Waals surface area contributed by atoms with E-state index in [0.29, 0.717) is 12.3 Å². The molecule has 0 saturated heterocycles. The van der Waals surface area contributed by atoms with Crippen LogP contribution >= 0.6 is 0 Å². The first kappa shape index (κ1) is 19.1. The minimum atomic E-state index is -0.882. The summed E-state index contributed by atoms with van der Waals surface area (Å²) in [5, 5.41) is 12.5. The number of carbonyl (C=O) groups is 1. The molecule has 8 nitrogen and oxygen atoms in total. The van der Waals surface area contributed by atoms with Gasteiger partial charge in [-0.3, -0.25) is 10.1 Å². The smallest absolute Gasteiger partial charge is 0.481 e. The second-order valence-corrected chi connectivity index (χ2v) is 6.07. The molecule has 0 bridgehead atoms. The fourth-order valence-electron chi connectivity index (χ4n) is 2.82. The van der Waals surface area contributed by atoms with Gasteiger partial charge in [-0.05, 0) is 36.1 Å². The van der Waals surface area contributed by atoms with Crippen molar-refractivity contribution in [3.63, 3.8) is 0 Å². The molecule has 144 valence electrons. The number of benzene rings is 2. The Bertz CT molecular complexity index is 1000. The van der Waals surface area contributed by atoms with E-state index in [-0.39, 0.29) is 11.4 Å². The number of nitrogens with zero attached hydrogens (tertiary/aromatic N) is 2. The first-order valence-corrected chi connectivity index (χ1v) is 8.51. The number of ether oxygens (including phenoxy) is 3. The Balaban J connectivity index is 1.65. The van der Waals surface area contributed by atoms with E-state index in [2.05, 4.69) is 4.98 Å². The lowest BCUT2D eigenvalue weighted by Crippen LogP contribution is -2.20. The quantitative estimate of drug-likeness (QED) is 0.271. The first-order chi connectivity index (χ1) is 13.5. The van der Waals surface area contributed by atoms with E-state index < -0.39 is 17.2 Å². The molecule has 0 radical (unpaired) electrons. The van der Waals surface area contributed by atoms with Crippen molar-refractivity contribution in [3.8, 4) is 11.6 Å². The van der Waals surface area contributed by atoms with Crippen molar-refractivity contribution >= 4 is 22.6 Å². The largest absolute Gasteiger partial charge is 0.514 e. The number of pyridine rings is 1. The van der Waals surface area contributed by atoms with E-state index >= 15 is 0 Å². The molecule has 1 unspecified atom stereocenters. The van der Waals surface area contributed by atoms with Crippen LogP contribution in [-0.2, 0) is 11.2 Å². The Morgan fingerprint density at radius 2 is 1.82 bits per heavy atom. The molecule has 0 saturated carbocycles. The monoisotopic (exact) mass is 382 g/mol. The summed E-state index contributed by atoms with van der Waals surface area (Å²) in [6.07, 6.45) is 0.784. The summed E-state index contributed by atoms with van der Waals surface area (Å²) in [5.41, 5.74) is 0.819. The van der Waals surface area contributed by atoms with Gasteiger partial charge in [0.1, 0.15) is 11.9 Å². The van der Waals surface area contributed by atoms with E-state index in [0.717, 1.165) is 16.3 Å². The van der Waals surface area contributed by atoms with Crippen LogP contribution in [0.5, 0.6) is 11.6 Å². The molecule has 0 aliphatic carbocycles. The summed E-state index contributed by atoms with van der Waals surface area (Å²) in [6, 6.07) is 12.9. The highest BCUT2D eigenvalue weighted by atomic mass is 16.7. The molecule has 28 heavy (non-hydrogen) atoms. The lowest BCUT2D eigenvalue weighted by atomic mass is 10.0. The van der Waals surface area contributed by atoms with Crippen LogP contribution in [0.4, 0.5) is 10.5 Å². The van der Waals surface area contributed by atoms with E-state index in [9.17, 15) is 14.9 Å². The average Bonchev–Trinajstić information content (AvgIpc) is 2.68. The van der Waals surface area contributed by atoms with Crippen LogP contribution in [0.15, 0.2) is 54.7 Å². The van der Waals surface area contributed by atoms with E-state index in [1.54, 1.807) is 20.2 Å². The minimum absolute atomic E-state index is 0.0898. The van der Waals surface area contributed by atoms with Gasteiger partial charge in [-0.15, -0.1) is 0 Å². The van der Waals surface area contributed by atoms with E-state index in [1.807, 2.05) is 24.3 Å². The highest BCUT2D eigenvalue weighted by molar-refractivity contribution is 5.89. The lowest BCUT2D eigenvalue weighted by Gasteiger charge is -2.15. The number of carbonyl (C=O) groups excluding carboxylic acids is 1. The zero-order chi connectivity index (χ0) is 20.1. The molecule has 0 aliphatic heterocycles. The lowest BCUT2D eigenvalue weighted by molar-refractivity contribution is -0.384. The van der Waals surface area contributed by atoms with E-state index in [1.165, 1.54) is 24.3 Å². The number of fused-ring (bicyclic) bond motifs is 1. The summed E-state index contributed by atoms with van der Waals surface area (Å²) in [4.78, 5) is 26.4. The summed E-state index contributed by atoms with van der Waals surface area (Å²) in [6.45, 7) is 1.75. The van der Waals surface area contributed by atoms with Crippen LogP contribution in [0.25, 0.3) is 10.8 Å². The maximum atomic E-state index is 12.0. The molecule has 0 N–H and O–H groups in total. The normalized spacial score (nSPS) is 11.6. The Hall–Kier alpha value is -3.68. The van der Waals surface area contributed by atoms with Crippen LogP contribution in [0.1, 0.15) is 12.5 Å². The molecule has 0 fully saturated rings. The van der Waals surface area contributed by atoms with Gasteiger partial charge in [0.15, 0.2) is 0 Å². The number of hydrogen-bond donors (Lipinski definition) is 0. The Kier molecular flexibility index (Phi) is 5.69. The summed E-state index contributed by atoms with van der Waals surface area (Å²) in [7, 11) is 1.56. The SMILES string of the molecule is COc1ncc(CC(C)OC(=O)Oc2ccc([N+](=O)[O-])cc2)c2ccccc12. The van der Waals surface area contributed by atoms with Crippen molar-refractivity contribution in [1.82, 2.24) is 4.98 Å². The summed E-state index contributed by atoms with van der Waals surface area (Å²) < 4.78 is 15.6. The number of aromatic nitrogens is 1. The maximum absolute atomic E-state index is 12.0. The third-order valence-corrected chi connectivity index (χ3v) is 4.09. The molecule has 1 aromatic heterocycles. The fourth-order valence-corrected chi connectivity index (χ4v) is 2.82. The first-order valence-electron chi connectivity index (χ1n) is 8.51. The van der Waals surface area contributed by atoms with Gasteiger partial charge < -0.3 is 14.2 Å². The molecular weight excluding hydrogens is 364 g/mol. The molecule has 3 rings (SSSR count). The standard InChI is InChI=1S/C20H18N2O6/c1-13(27-20(23)28-16-9-7-15(8-10-16)22(24)25)11-14-12-21-19(26-2)18-6-4-3-5-17(14)18/h3-10,12-13H,11H2,1-2H3. The van der Waals surface area contributed by atoms with Gasteiger partial charge in [-0.1, -0.05) is 18.2 Å². The van der Waals surface area contributed by atoms with Gasteiger partial charge in [-0.2, -0.15) is 0 Å². The molecule has 8 heteroatoms. The van der Waals surface area contributed by atoms with Gasteiger partial charge >= 0.3 is 6.16 Å². The highest BCUT2D eigenvalue weighted by Gasteiger charge is 2.16. The van der Waals surface area contributed by atoms with Gasteiger partial charge in [0.05, 0.1) is 12.0 Å². The molecule has 2 aromatic carbocycles. The van der Waals surface area contributed by atoms with Gasteiger partial charge in [0.25, 0.3) is 5.69 Å². The van der Waals surface area contributed by atoms with Crippen molar-refractivity contribution in [2.24, 2.45) is 0 Å². The summed E-state index contributed by atoms with van der Waals surface area (Å²) >= 11 is 0. The van der Waals surface area contributed by atoms with Crippen molar-refractivity contribution < 1.29 is 23.9 Å². The second kappa shape index (κ2) is 8.34. The Morgan fingerprint density at radius 3 is 2.46 bits per heavy atom. The molecule has 0 aliphatic rings. The van der Waals surface area contributed by atoms with Crippen LogP contribution < -0.4 is 9.47 Å².